The van der Waals surface area contributed by atoms with Gasteiger partial charge < -0.3 is 10.1 Å². The van der Waals surface area contributed by atoms with Gasteiger partial charge in [0.15, 0.2) is 0 Å². The van der Waals surface area contributed by atoms with Crippen LogP contribution in [0.3, 0.4) is 0 Å². The van der Waals surface area contributed by atoms with Gasteiger partial charge in [0.1, 0.15) is 0 Å². The maximum Gasteiger partial charge on any atom is 0.0670 e. The molecule has 1 aliphatic heterocycles. The molecule has 0 aromatic carbocycles. The van der Waals surface area contributed by atoms with Crippen molar-refractivity contribution in [2.45, 2.75) is 70.1 Å². The first-order chi connectivity index (χ1) is 8.47. The Kier molecular flexibility index (Phi) is 4.35. The van der Waals surface area contributed by atoms with E-state index in [-0.39, 0.29) is 5.54 Å². The molecule has 1 heterocycles. The average Bonchev–Trinajstić information content (AvgIpc) is 2.36. The number of nitrogens with one attached hydrogen (secondary N) is 1. The zero-order chi connectivity index (χ0) is 13.2. The summed E-state index contributed by atoms with van der Waals surface area (Å²) in [6, 6.07) is 0. The number of hydrogen-bond donors (Lipinski definition) is 1. The lowest BCUT2D eigenvalue weighted by Gasteiger charge is -2.54. The quantitative estimate of drug-likeness (QED) is 0.837. The molecule has 1 aliphatic carbocycles. The summed E-state index contributed by atoms with van der Waals surface area (Å²) in [5.41, 5.74) is 0.636. The van der Waals surface area contributed by atoms with Gasteiger partial charge in [-0.25, -0.2) is 0 Å². The molecule has 0 radical (unpaired) electrons. The van der Waals surface area contributed by atoms with Gasteiger partial charge >= 0.3 is 0 Å². The third-order valence-electron chi connectivity index (χ3n) is 4.94. The van der Waals surface area contributed by atoms with Gasteiger partial charge in [0, 0.05) is 37.8 Å². The van der Waals surface area contributed by atoms with Crippen molar-refractivity contribution in [2.24, 2.45) is 0 Å². The van der Waals surface area contributed by atoms with E-state index in [4.69, 9.17) is 4.74 Å². The Morgan fingerprint density at radius 1 is 1.22 bits per heavy atom. The molecule has 0 aromatic rings. The number of ether oxygens (including phenoxy) is 1. The number of methoxy groups -OCH3 is 1. The van der Waals surface area contributed by atoms with Crippen LogP contribution in [0.2, 0.25) is 0 Å². The van der Waals surface area contributed by atoms with Crippen molar-refractivity contribution in [3.8, 4) is 0 Å². The summed E-state index contributed by atoms with van der Waals surface area (Å²) in [6.07, 6.45) is 7.22. The van der Waals surface area contributed by atoms with Gasteiger partial charge in [-0.3, -0.25) is 4.90 Å². The molecule has 2 aliphatic rings. The zero-order valence-corrected chi connectivity index (χ0v) is 12.6. The minimum Gasteiger partial charge on any atom is -0.380 e. The summed E-state index contributed by atoms with van der Waals surface area (Å²) in [4.78, 5) is 2.64. The molecule has 1 unspecified atom stereocenters. The molecule has 0 amide bonds. The molecule has 1 spiro atoms. The van der Waals surface area contributed by atoms with E-state index in [0.717, 1.165) is 13.1 Å². The molecule has 1 saturated heterocycles. The fraction of sp³-hybridized carbons (Fsp3) is 1.00. The highest BCUT2D eigenvalue weighted by Gasteiger charge is 2.43. The fourth-order valence-electron chi connectivity index (χ4n) is 3.41. The summed E-state index contributed by atoms with van der Waals surface area (Å²) in [5, 5.41) is 3.86. The van der Waals surface area contributed by atoms with Gasteiger partial charge in [-0.15, -0.1) is 0 Å². The van der Waals surface area contributed by atoms with Crippen LogP contribution >= 0.6 is 0 Å². The van der Waals surface area contributed by atoms with Crippen molar-refractivity contribution < 1.29 is 4.74 Å². The van der Waals surface area contributed by atoms with E-state index in [1.165, 1.54) is 38.6 Å². The first-order valence-electron chi connectivity index (χ1n) is 7.50. The second kappa shape index (κ2) is 5.48. The highest BCUT2D eigenvalue weighted by molar-refractivity contribution is 5.03. The van der Waals surface area contributed by atoms with Gasteiger partial charge in [-0.1, -0.05) is 19.3 Å². The summed E-state index contributed by atoms with van der Waals surface area (Å²) < 4.78 is 5.46. The van der Waals surface area contributed by atoms with Crippen molar-refractivity contribution in [1.29, 1.82) is 0 Å². The largest absolute Gasteiger partial charge is 0.380 e. The minimum atomic E-state index is 0.246. The Morgan fingerprint density at radius 3 is 2.50 bits per heavy atom. The van der Waals surface area contributed by atoms with Crippen LogP contribution < -0.4 is 5.32 Å². The molecule has 3 nitrogen and oxygen atoms in total. The predicted octanol–water partition coefficient (Wildman–Crippen LogP) is 2.41. The Morgan fingerprint density at radius 2 is 1.89 bits per heavy atom. The zero-order valence-electron chi connectivity index (χ0n) is 12.6. The van der Waals surface area contributed by atoms with E-state index in [0.29, 0.717) is 11.6 Å². The second-order valence-corrected chi connectivity index (χ2v) is 6.93. The highest BCUT2D eigenvalue weighted by Crippen LogP contribution is 2.34. The van der Waals surface area contributed by atoms with Gasteiger partial charge in [0.05, 0.1) is 6.10 Å². The Hall–Kier alpha value is -0.120. The van der Waals surface area contributed by atoms with Crippen molar-refractivity contribution in [1.82, 2.24) is 10.2 Å². The number of hydrogen-bond acceptors (Lipinski definition) is 3. The second-order valence-electron chi connectivity index (χ2n) is 6.93. The van der Waals surface area contributed by atoms with Gasteiger partial charge in [0.25, 0.3) is 0 Å². The lowest BCUT2D eigenvalue weighted by molar-refractivity contribution is -0.0233. The molecule has 3 heteroatoms. The fourth-order valence-corrected chi connectivity index (χ4v) is 3.41. The van der Waals surface area contributed by atoms with E-state index in [1.807, 2.05) is 7.11 Å². The van der Waals surface area contributed by atoms with Crippen molar-refractivity contribution in [3.05, 3.63) is 0 Å². The van der Waals surface area contributed by atoms with Crippen LogP contribution in [-0.4, -0.2) is 48.8 Å². The van der Waals surface area contributed by atoms with Crippen LogP contribution in [0.5, 0.6) is 0 Å². The van der Waals surface area contributed by atoms with E-state index in [1.54, 1.807) is 0 Å². The van der Waals surface area contributed by atoms with Crippen LogP contribution in [0.25, 0.3) is 0 Å². The topological polar surface area (TPSA) is 24.5 Å². The average molecular weight is 254 g/mol. The molecule has 1 atom stereocenters. The van der Waals surface area contributed by atoms with Gasteiger partial charge in [-0.05, 0) is 33.6 Å². The summed E-state index contributed by atoms with van der Waals surface area (Å²) >= 11 is 0. The SMILES string of the molecule is COC(C)CN1CC2(CCCCC2)NCC1(C)C. The van der Waals surface area contributed by atoms with Gasteiger partial charge in [-0.2, -0.15) is 0 Å². The predicted molar refractivity (Wildman–Crippen MR) is 75.9 cm³/mol. The Labute approximate surface area is 112 Å². The smallest absolute Gasteiger partial charge is 0.0670 e. The maximum absolute atomic E-state index is 5.46. The van der Waals surface area contributed by atoms with Crippen molar-refractivity contribution in [2.75, 3.05) is 26.7 Å². The van der Waals surface area contributed by atoms with Crippen LogP contribution in [0.15, 0.2) is 0 Å². The highest BCUT2D eigenvalue weighted by atomic mass is 16.5. The first kappa shape index (κ1) is 14.3. The normalized spacial score (nSPS) is 29.3. The van der Waals surface area contributed by atoms with Crippen LogP contribution in [0.1, 0.15) is 52.9 Å². The summed E-state index contributed by atoms with van der Waals surface area (Å²) in [7, 11) is 1.82. The van der Waals surface area contributed by atoms with E-state index in [9.17, 15) is 0 Å². The molecule has 2 fully saturated rings. The number of nitrogens with zero attached hydrogens (tertiary/aromatic N) is 1. The van der Waals surface area contributed by atoms with E-state index < -0.39 is 0 Å². The molecular formula is C15H30N2O. The molecule has 18 heavy (non-hydrogen) atoms. The molecule has 1 N–H and O–H groups in total. The van der Waals surface area contributed by atoms with E-state index >= 15 is 0 Å². The standard InChI is InChI=1S/C15H30N2O/c1-13(18-4)10-17-12-15(8-6-5-7-9-15)16-11-14(17,2)3/h13,16H,5-12H2,1-4H3. The molecule has 0 aromatic heterocycles. The lowest BCUT2D eigenvalue weighted by atomic mass is 9.77. The summed E-state index contributed by atoms with van der Waals surface area (Å²) in [5.74, 6) is 0. The summed E-state index contributed by atoms with van der Waals surface area (Å²) in [6.45, 7) is 10.2. The molecule has 106 valence electrons. The minimum absolute atomic E-state index is 0.246. The Balaban J connectivity index is 2.04. The monoisotopic (exact) mass is 254 g/mol. The Bertz CT molecular complexity index is 272. The van der Waals surface area contributed by atoms with Gasteiger partial charge in [0.2, 0.25) is 0 Å². The van der Waals surface area contributed by atoms with Crippen LogP contribution in [-0.2, 0) is 4.74 Å². The molecule has 0 bridgehead atoms. The lowest BCUT2D eigenvalue weighted by Crippen LogP contribution is -2.69. The maximum atomic E-state index is 5.46. The number of piperazine rings is 1. The number of rotatable bonds is 3. The third kappa shape index (κ3) is 3.06. The van der Waals surface area contributed by atoms with Crippen LogP contribution in [0, 0.1) is 0 Å². The van der Waals surface area contributed by atoms with E-state index in [2.05, 4.69) is 31.0 Å². The van der Waals surface area contributed by atoms with Crippen molar-refractivity contribution in [3.63, 3.8) is 0 Å². The third-order valence-corrected chi connectivity index (χ3v) is 4.94. The molecular weight excluding hydrogens is 224 g/mol. The molecule has 2 rings (SSSR count). The van der Waals surface area contributed by atoms with Crippen LogP contribution in [0.4, 0.5) is 0 Å². The van der Waals surface area contributed by atoms with Crippen molar-refractivity contribution >= 4 is 0 Å². The molecule has 1 saturated carbocycles. The first-order valence-corrected chi connectivity index (χ1v) is 7.50.